The lowest BCUT2D eigenvalue weighted by molar-refractivity contribution is 0.0526. The van der Waals surface area contributed by atoms with E-state index in [9.17, 15) is 4.79 Å². The predicted octanol–water partition coefficient (Wildman–Crippen LogP) is 5.71. The van der Waals surface area contributed by atoms with E-state index in [1.807, 2.05) is 60.7 Å². The number of carbonyl (C=O) groups is 1. The molecule has 0 heterocycles. The van der Waals surface area contributed by atoms with E-state index in [1.165, 1.54) is 0 Å². The van der Waals surface area contributed by atoms with E-state index in [0.717, 1.165) is 22.6 Å². The molecular formula is C23H22ClNO3. The molecule has 0 aromatic heterocycles. The highest BCUT2D eigenvalue weighted by Crippen LogP contribution is 2.25. The quantitative estimate of drug-likeness (QED) is 0.496. The molecule has 0 aliphatic rings. The lowest BCUT2D eigenvalue weighted by atomic mass is 10.1. The second-order valence-corrected chi connectivity index (χ2v) is 6.61. The van der Waals surface area contributed by atoms with Crippen molar-refractivity contribution in [2.45, 2.75) is 20.1 Å². The number of nitrogens with one attached hydrogen (secondary N) is 1. The van der Waals surface area contributed by atoms with Gasteiger partial charge in [0.1, 0.15) is 12.4 Å². The molecule has 0 atom stereocenters. The highest BCUT2D eigenvalue weighted by Gasteiger charge is 2.08. The molecule has 1 N–H and O–H groups in total. The van der Waals surface area contributed by atoms with Crippen molar-refractivity contribution in [3.8, 4) is 5.75 Å². The molecule has 0 radical (unpaired) electrons. The van der Waals surface area contributed by atoms with Crippen LogP contribution in [0.3, 0.4) is 0 Å². The van der Waals surface area contributed by atoms with Crippen molar-refractivity contribution in [2.24, 2.45) is 0 Å². The van der Waals surface area contributed by atoms with Gasteiger partial charge in [-0.15, -0.1) is 0 Å². The fourth-order valence-electron chi connectivity index (χ4n) is 2.70. The first-order valence-electron chi connectivity index (χ1n) is 9.12. The van der Waals surface area contributed by atoms with Crippen LogP contribution in [0.4, 0.5) is 5.69 Å². The third-order valence-electron chi connectivity index (χ3n) is 4.14. The van der Waals surface area contributed by atoms with Crippen molar-refractivity contribution in [3.05, 3.63) is 94.5 Å². The van der Waals surface area contributed by atoms with E-state index < -0.39 is 0 Å². The number of anilines is 1. The van der Waals surface area contributed by atoms with Gasteiger partial charge in [-0.1, -0.05) is 41.9 Å². The summed E-state index contributed by atoms with van der Waals surface area (Å²) in [5, 5.41) is 3.99. The minimum absolute atomic E-state index is 0.319. The van der Waals surface area contributed by atoms with E-state index in [1.54, 1.807) is 19.1 Å². The largest absolute Gasteiger partial charge is 0.489 e. The van der Waals surface area contributed by atoms with Crippen LogP contribution < -0.4 is 10.1 Å². The van der Waals surface area contributed by atoms with Crippen molar-refractivity contribution >= 4 is 23.3 Å². The van der Waals surface area contributed by atoms with Gasteiger partial charge in [-0.25, -0.2) is 4.79 Å². The Morgan fingerprint density at radius 1 is 1.00 bits per heavy atom. The van der Waals surface area contributed by atoms with Crippen molar-refractivity contribution in [2.75, 3.05) is 11.9 Å². The normalized spacial score (nSPS) is 10.4. The number of rotatable bonds is 8. The maximum Gasteiger partial charge on any atom is 0.338 e. The van der Waals surface area contributed by atoms with Crippen LogP contribution in [0.15, 0.2) is 72.8 Å². The van der Waals surface area contributed by atoms with Crippen molar-refractivity contribution in [3.63, 3.8) is 0 Å². The average Bonchev–Trinajstić information content (AvgIpc) is 2.73. The van der Waals surface area contributed by atoms with Crippen LogP contribution in [-0.4, -0.2) is 12.6 Å². The molecule has 144 valence electrons. The topological polar surface area (TPSA) is 47.6 Å². The summed E-state index contributed by atoms with van der Waals surface area (Å²) in [6.45, 7) is 3.18. The van der Waals surface area contributed by atoms with Crippen LogP contribution >= 0.6 is 11.6 Å². The monoisotopic (exact) mass is 395 g/mol. The molecule has 0 unspecified atom stereocenters. The molecule has 0 aliphatic heterocycles. The van der Waals surface area contributed by atoms with Crippen molar-refractivity contribution in [1.29, 1.82) is 0 Å². The lowest BCUT2D eigenvalue weighted by Gasteiger charge is -2.14. The van der Waals surface area contributed by atoms with Gasteiger partial charge < -0.3 is 14.8 Å². The molecule has 0 saturated carbocycles. The molecule has 4 nitrogen and oxygen atoms in total. The third-order valence-corrected chi connectivity index (χ3v) is 4.37. The molecule has 0 bridgehead atoms. The minimum atomic E-state index is -0.319. The van der Waals surface area contributed by atoms with Crippen molar-refractivity contribution in [1.82, 2.24) is 0 Å². The number of ether oxygens (including phenoxy) is 2. The summed E-state index contributed by atoms with van der Waals surface area (Å²) in [4.78, 5) is 11.7. The smallest absolute Gasteiger partial charge is 0.338 e. The Labute approximate surface area is 170 Å². The fraction of sp³-hybridized carbons (Fsp3) is 0.174. The first kappa shape index (κ1) is 19.8. The Balaban J connectivity index is 1.65. The van der Waals surface area contributed by atoms with Gasteiger partial charge in [0.15, 0.2) is 0 Å². The zero-order valence-corrected chi connectivity index (χ0v) is 16.4. The van der Waals surface area contributed by atoms with Gasteiger partial charge in [0.2, 0.25) is 0 Å². The highest BCUT2D eigenvalue weighted by molar-refractivity contribution is 6.30. The Bertz CT molecular complexity index is 911. The van der Waals surface area contributed by atoms with Crippen LogP contribution in [0, 0.1) is 0 Å². The van der Waals surface area contributed by atoms with Crippen LogP contribution in [0.25, 0.3) is 0 Å². The average molecular weight is 396 g/mol. The summed E-state index contributed by atoms with van der Waals surface area (Å²) < 4.78 is 11.0. The van der Waals surface area contributed by atoms with Gasteiger partial charge in [-0.3, -0.25) is 0 Å². The SMILES string of the molecule is CCOC(=O)c1ccc(NCc2cc(Cl)ccc2OCc2ccccc2)cc1. The van der Waals surface area contributed by atoms with Crippen molar-refractivity contribution < 1.29 is 14.3 Å². The standard InChI is InChI=1S/C23H22ClNO3/c1-2-27-23(26)18-8-11-21(12-9-18)25-15-19-14-20(24)10-13-22(19)28-16-17-6-4-3-5-7-17/h3-14,25H,2,15-16H2,1H3. The second kappa shape index (κ2) is 9.81. The molecule has 0 saturated heterocycles. The van der Waals surface area contributed by atoms with Crippen LogP contribution in [0.2, 0.25) is 5.02 Å². The van der Waals surface area contributed by atoms with E-state index in [-0.39, 0.29) is 5.97 Å². The zero-order chi connectivity index (χ0) is 19.8. The summed E-state index contributed by atoms with van der Waals surface area (Å²) in [7, 11) is 0. The van der Waals surface area contributed by atoms with Crippen LogP contribution in [-0.2, 0) is 17.9 Å². The number of halogens is 1. The summed E-state index contributed by atoms with van der Waals surface area (Å²) in [6.07, 6.45) is 0. The van der Waals surface area contributed by atoms with E-state index in [2.05, 4.69) is 5.32 Å². The number of benzene rings is 3. The van der Waals surface area contributed by atoms with Gasteiger partial charge in [0, 0.05) is 22.8 Å². The van der Waals surface area contributed by atoms with E-state index in [4.69, 9.17) is 21.1 Å². The molecule has 0 fully saturated rings. The van der Waals surface area contributed by atoms with Gasteiger partial charge in [-0.2, -0.15) is 0 Å². The maximum absolute atomic E-state index is 11.7. The summed E-state index contributed by atoms with van der Waals surface area (Å²) in [5.41, 5.74) is 3.48. The summed E-state index contributed by atoms with van der Waals surface area (Å²) in [5.74, 6) is 0.462. The molecule has 0 aliphatic carbocycles. The number of carbonyl (C=O) groups excluding carboxylic acids is 1. The number of hydrogen-bond acceptors (Lipinski definition) is 4. The van der Waals surface area contributed by atoms with Gasteiger partial charge in [0.25, 0.3) is 0 Å². The Kier molecular flexibility index (Phi) is 6.93. The van der Waals surface area contributed by atoms with Gasteiger partial charge >= 0.3 is 5.97 Å². The van der Waals surface area contributed by atoms with Crippen LogP contribution in [0.1, 0.15) is 28.4 Å². The maximum atomic E-state index is 11.7. The summed E-state index contributed by atoms with van der Waals surface area (Å²) >= 11 is 6.17. The summed E-state index contributed by atoms with van der Waals surface area (Å²) in [6, 6.07) is 22.8. The first-order valence-corrected chi connectivity index (χ1v) is 9.49. The van der Waals surface area contributed by atoms with Gasteiger partial charge in [-0.05, 0) is 55.0 Å². The molecule has 3 aromatic rings. The van der Waals surface area contributed by atoms with E-state index >= 15 is 0 Å². The molecule has 0 amide bonds. The fourth-order valence-corrected chi connectivity index (χ4v) is 2.89. The lowest BCUT2D eigenvalue weighted by Crippen LogP contribution is -2.06. The number of esters is 1. The molecule has 3 aromatic carbocycles. The molecule has 5 heteroatoms. The third kappa shape index (κ3) is 5.51. The Hall–Kier alpha value is -2.98. The first-order chi connectivity index (χ1) is 13.7. The Morgan fingerprint density at radius 2 is 1.75 bits per heavy atom. The predicted molar refractivity (Wildman–Crippen MR) is 112 cm³/mol. The second-order valence-electron chi connectivity index (χ2n) is 6.18. The molecule has 0 spiro atoms. The molecule has 28 heavy (non-hydrogen) atoms. The zero-order valence-electron chi connectivity index (χ0n) is 15.7. The Morgan fingerprint density at radius 3 is 2.46 bits per heavy atom. The molecule has 3 rings (SSSR count). The number of hydrogen-bond donors (Lipinski definition) is 1. The highest BCUT2D eigenvalue weighted by atomic mass is 35.5. The van der Waals surface area contributed by atoms with Crippen LogP contribution in [0.5, 0.6) is 5.75 Å². The minimum Gasteiger partial charge on any atom is -0.489 e. The van der Waals surface area contributed by atoms with E-state index in [0.29, 0.717) is 30.3 Å². The van der Waals surface area contributed by atoms with Gasteiger partial charge in [0.05, 0.1) is 12.2 Å². The molecular weight excluding hydrogens is 374 g/mol.